The lowest BCUT2D eigenvalue weighted by Crippen LogP contribution is -3.00. The summed E-state index contributed by atoms with van der Waals surface area (Å²) in [7, 11) is 0.335. The van der Waals surface area contributed by atoms with Gasteiger partial charge in [-0.1, -0.05) is 30.3 Å². The van der Waals surface area contributed by atoms with E-state index in [1.54, 1.807) is 0 Å². The van der Waals surface area contributed by atoms with Gasteiger partial charge in [0.05, 0.1) is 16.6 Å². The topological polar surface area (TPSA) is 31.6 Å². The SMILES string of the molecule is Cc1[nH]c2ccccc2c1[S+](C)C.Cc1cc2ccccc2[nH]1.[Cl-]. The molecule has 0 saturated carbocycles. The molecule has 0 fully saturated rings. The number of hydrogen-bond acceptors (Lipinski definition) is 0. The van der Waals surface area contributed by atoms with Gasteiger partial charge in [-0.15, -0.1) is 0 Å². The number of benzene rings is 2. The summed E-state index contributed by atoms with van der Waals surface area (Å²) in [5.74, 6) is 0. The van der Waals surface area contributed by atoms with Crippen molar-refractivity contribution in [1.29, 1.82) is 0 Å². The Labute approximate surface area is 152 Å². The Hall–Kier alpha value is -1.84. The van der Waals surface area contributed by atoms with Gasteiger partial charge < -0.3 is 22.4 Å². The summed E-state index contributed by atoms with van der Waals surface area (Å²) in [6.07, 6.45) is 4.53. The van der Waals surface area contributed by atoms with E-state index in [1.807, 2.05) is 6.07 Å². The Morgan fingerprint density at radius 3 is 2.08 bits per heavy atom. The second-order valence-electron chi connectivity index (χ2n) is 5.98. The largest absolute Gasteiger partial charge is 1.00 e. The van der Waals surface area contributed by atoms with Crippen LogP contribution in [0.5, 0.6) is 0 Å². The van der Waals surface area contributed by atoms with Crippen LogP contribution in [0.3, 0.4) is 0 Å². The van der Waals surface area contributed by atoms with Crippen molar-refractivity contribution in [2.45, 2.75) is 18.7 Å². The zero-order valence-electron chi connectivity index (χ0n) is 14.5. The van der Waals surface area contributed by atoms with E-state index in [2.05, 4.69) is 84.9 Å². The molecule has 126 valence electrons. The zero-order valence-corrected chi connectivity index (χ0v) is 16.1. The summed E-state index contributed by atoms with van der Waals surface area (Å²) in [6.45, 7) is 4.22. The van der Waals surface area contributed by atoms with Gasteiger partial charge in [0.2, 0.25) is 0 Å². The first-order valence-electron chi connectivity index (χ1n) is 7.75. The van der Waals surface area contributed by atoms with Gasteiger partial charge in [-0.2, -0.15) is 0 Å². The maximum atomic E-state index is 3.42. The number of nitrogens with one attached hydrogen (secondary N) is 2. The molecule has 0 aliphatic carbocycles. The van der Waals surface area contributed by atoms with E-state index >= 15 is 0 Å². The number of fused-ring (bicyclic) bond motifs is 2. The van der Waals surface area contributed by atoms with E-state index in [0.29, 0.717) is 10.9 Å². The molecule has 0 radical (unpaired) electrons. The van der Waals surface area contributed by atoms with Gasteiger partial charge in [0.15, 0.2) is 4.90 Å². The van der Waals surface area contributed by atoms with Crippen molar-refractivity contribution in [1.82, 2.24) is 9.97 Å². The van der Waals surface area contributed by atoms with Crippen LogP contribution in [0.4, 0.5) is 0 Å². The van der Waals surface area contributed by atoms with E-state index in [4.69, 9.17) is 0 Å². The average molecular weight is 359 g/mol. The van der Waals surface area contributed by atoms with Crippen molar-refractivity contribution in [3.05, 3.63) is 66.0 Å². The molecule has 0 aliphatic heterocycles. The van der Waals surface area contributed by atoms with Crippen molar-refractivity contribution < 1.29 is 12.4 Å². The second kappa shape index (κ2) is 7.82. The van der Waals surface area contributed by atoms with Gasteiger partial charge in [-0.3, -0.25) is 0 Å². The number of para-hydroxylation sites is 2. The lowest BCUT2D eigenvalue weighted by atomic mass is 10.2. The maximum absolute atomic E-state index is 3.42. The molecule has 0 spiro atoms. The van der Waals surface area contributed by atoms with Crippen molar-refractivity contribution in [3.8, 4) is 0 Å². The standard InChI is InChI=1S/C11H14NS.C9H9N.ClH/c1-8-11(13(2)3)9-6-4-5-7-10(9)12-8;1-7-6-8-4-2-3-5-9(8)10-7;/h4-7,12H,1-3H3;2-6,10H,1H3;1H/q+1;;/p-1. The second-order valence-corrected chi connectivity index (χ2v) is 8.02. The lowest BCUT2D eigenvalue weighted by molar-refractivity contribution is -0.00000506. The number of aromatic amines is 2. The third kappa shape index (κ3) is 3.80. The third-order valence-electron chi connectivity index (χ3n) is 3.91. The molecule has 2 N–H and O–H groups in total. The molecule has 0 unspecified atom stereocenters. The molecule has 24 heavy (non-hydrogen) atoms. The van der Waals surface area contributed by atoms with E-state index in [1.165, 1.54) is 38.1 Å². The molecule has 2 heterocycles. The van der Waals surface area contributed by atoms with Crippen molar-refractivity contribution in [2.75, 3.05) is 12.5 Å². The Balaban J connectivity index is 0.000000172. The first kappa shape index (κ1) is 18.5. The predicted molar refractivity (Wildman–Crippen MR) is 104 cm³/mol. The van der Waals surface area contributed by atoms with Crippen LogP contribution in [0.15, 0.2) is 59.5 Å². The highest BCUT2D eigenvalue weighted by Crippen LogP contribution is 2.26. The summed E-state index contributed by atoms with van der Waals surface area (Å²) in [6, 6.07) is 18.9. The minimum atomic E-state index is 0. The Morgan fingerprint density at radius 1 is 0.792 bits per heavy atom. The molecule has 2 nitrogen and oxygen atoms in total. The fourth-order valence-corrected chi connectivity index (χ4v) is 4.28. The Kier molecular flexibility index (Phi) is 6.03. The van der Waals surface area contributed by atoms with Crippen molar-refractivity contribution >= 4 is 32.7 Å². The first-order chi connectivity index (χ1) is 11.1. The summed E-state index contributed by atoms with van der Waals surface area (Å²) in [5, 5.41) is 2.67. The van der Waals surface area contributed by atoms with Crippen LogP contribution < -0.4 is 12.4 Å². The highest BCUT2D eigenvalue weighted by molar-refractivity contribution is 7.95. The van der Waals surface area contributed by atoms with E-state index in [9.17, 15) is 0 Å². The Morgan fingerprint density at radius 2 is 1.42 bits per heavy atom. The molecule has 0 amide bonds. The molecule has 0 aliphatic rings. The summed E-state index contributed by atoms with van der Waals surface area (Å²) in [4.78, 5) is 8.16. The number of H-pyrrole nitrogens is 2. The molecule has 2 aromatic heterocycles. The van der Waals surface area contributed by atoms with Crippen LogP contribution in [0.25, 0.3) is 21.8 Å². The van der Waals surface area contributed by atoms with Gasteiger partial charge in [-0.05, 0) is 43.5 Å². The molecule has 4 heteroatoms. The predicted octanol–water partition coefficient (Wildman–Crippen LogP) is 2.19. The lowest BCUT2D eigenvalue weighted by Gasteiger charge is -1.94. The molecular formula is C20H23ClN2S. The third-order valence-corrected chi connectivity index (χ3v) is 5.25. The van der Waals surface area contributed by atoms with E-state index in [-0.39, 0.29) is 12.4 Å². The fraction of sp³-hybridized carbons (Fsp3) is 0.200. The average Bonchev–Trinajstić information content (AvgIpc) is 3.05. The minimum absolute atomic E-state index is 0. The number of aromatic nitrogens is 2. The molecule has 4 aromatic rings. The highest BCUT2D eigenvalue weighted by atomic mass is 35.5. The monoisotopic (exact) mass is 358 g/mol. The molecule has 4 rings (SSSR count). The number of rotatable bonds is 1. The molecule has 0 bridgehead atoms. The number of aryl methyl sites for hydroxylation is 2. The first-order valence-corrected chi connectivity index (χ1v) is 9.79. The van der Waals surface area contributed by atoms with Crippen molar-refractivity contribution in [2.24, 2.45) is 0 Å². The highest BCUT2D eigenvalue weighted by Gasteiger charge is 2.18. The van der Waals surface area contributed by atoms with Crippen LogP contribution in [0.2, 0.25) is 0 Å². The Bertz CT molecular complexity index is 904. The minimum Gasteiger partial charge on any atom is -1.00 e. The van der Waals surface area contributed by atoms with Gasteiger partial charge in [0.25, 0.3) is 0 Å². The summed E-state index contributed by atoms with van der Waals surface area (Å²) in [5.41, 5.74) is 5.02. The summed E-state index contributed by atoms with van der Waals surface area (Å²) >= 11 is 0. The fourth-order valence-electron chi connectivity index (χ4n) is 3.00. The van der Waals surface area contributed by atoms with E-state index in [0.717, 1.165) is 0 Å². The quantitative estimate of drug-likeness (QED) is 0.489. The maximum Gasteiger partial charge on any atom is 0.182 e. The van der Waals surface area contributed by atoms with Crippen LogP contribution in [0, 0.1) is 13.8 Å². The molecule has 0 atom stereocenters. The smallest absolute Gasteiger partial charge is 0.182 e. The van der Waals surface area contributed by atoms with Crippen LogP contribution in [-0.4, -0.2) is 22.5 Å². The number of halogens is 1. The van der Waals surface area contributed by atoms with Crippen LogP contribution in [-0.2, 0) is 10.9 Å². The van der Waals surface area contributed by atoms with Crippen molar-refractivity contribution in [3.63, 3.8) is 0 Å². The molecular weight excluding hydrogens is 336 g/mol. The van der Waals surface area contributed by atoms with Gasteiger partial charge in [0.1, 0.15) is 12.5 Å². The van der Waals surface area contributed by atoms with Gasteiger partial charge in [-0.25, -0.2) is 0 Å². The number of hydrogen-bond donors (Lipinski definition) is 2. The normalized spacial score (nSPS) is 10.5. The van der Waals surface area contributed by atoms with Crippen LogP contribution >= 0.6 is 0 Å². The van der Waals surface area contributed by atoms with Gasteiger partial charge in [0, 0.05) is 22.1 Å². The molecule has 2 aromatic carbocycles. The molecule has 0 saturated heterocycles. The van der Waals surface area contributed by atoms with Gasteiger partial charge >= 0.3 is 0 Å². The van der Waals surface area contributed by atoms with Crippen LogP contribution in [0.1, 0.15) is 11.4 Å². The van der Waals surface area contributed by atoms with E-state index < -0.39 is 0 Å². The zero-order chi connectivity index (χ0) is 16.4. The summed E-state index contributed by atoms with van der Waals surface area (Å²) < 4.78 is 0.